The number of hydrogen-bond acceptors (Lipinski definition) is 3. The Balaban J connectivity index is 1.31. The zero-order valence-electron chi connectivity index (χ0n) is 35.1. The summed E-state index contributed by atoms with van der Waals surface area (Å²) in [6.07, 6.45) is 5.03. The van der Waals surface area contributed by atoms with Crippen LogP contribution in [0.2, 0.25) is 0 Å². The molecule has 65 heavy (non-hydrogen) atoms. The first kappa shape index (κ1) is 36.5. The van der Waals surface area contributed by atoms with Crippen LogP contribution in [0, 0.1) is 40.9 Å². The number of allylic oxidation sites excluding steroid dienone is 1. The number of aromatic nitrogens is 3. The van der Waals surface area contributed by atoms with E-state index in [4.69, 9.17) is 0 Å². The first-order chi connectivity index (χ1) is 32.1. The highest BCUT2D eigenvalue weighted by atomic mass is 15.1. The van der Waals surface area contributed by atoms with Crippen molar-refractivity contribution in [3.8, 4) is 46.4 Å². The normalized spacial score (nSPS) is 12.2. The van der Waals surface area contributed by atoms with Gasteiger partial charge in [-0.2, -0.15) is 15.8 Å². The van der Waals surface area contributed by atoms with Crippen LogP contribution in [0.15, 0.2) is 170 Å². The van der Waals surface area contributed by atoms with E-state index in [1.165, 1.54) is 5.56 Å². The van der Waals surface area contributed by atoms with Crippen molar-refractivity contribution in [3.63, 3.8) is 0 Å². The summed E-state index contributed by atoms with van der Waals surface area (Å²) in [4.78, 5) is 0. The molecule has 300 valence electrons. The predicted octanol–water partition coefficient (Wildman–Crippen LogP) is 14.3. The van der Waals surface area contributed by atoms with E-state index in [1.807, 2.05) is 42.5 Å². The van der Waals surface area contributed by atoms with Crippen LogP contribution in [-0.2, 0) is 6.42 Å². The maximum absolute atomic E-state index is 11.9. The number of hydrogen-bond donors (Lipinski definition) is 0. The summed E-state index contributed by atoms with van der Waals surface area (Å²) in [5.41, 5.74) is 11.6. The zero-order valence-corrected chi connectivity index (χ0v) is 35.1. The Morgan fingerprint density at radius 2 is 0.923 bits per heavy atom. The Labute approximate surface area is 373 Å². The van der Waals surface area contributed by atoms with E-state index in [1.54, 1.807) is 0 Å². The zero-order chi connectivity index (χ0) is 43.5. The molecule has 0 spiro atoms. The molecule has 3 aromatic heterocycles. The highest BCUT2D eigenvalue weighted by Gasteiger charge is 2.34. The molecule has 0 N–H and O–H groups in total. The van der Waals surface area contributed by atoms with Crippen molar-refractivity contribution in [2.45, 2.75) is 13.3 Å². The van der Waals surface area contributed by atoms with E-state index < -0.39 is 0 Å². The van der Waals surface area contributed by atoms with Gasteiger partial charge in [-0.25, -0.2) is 0 Å². The fourth-order valence-electron chi connectivity index (χ4n) is 11.1. The Hall–Kier alpha value is -9.15. The quantitative estimate of drug-likeness (QED) is 0.178. The van der Waals surface area contributed by atoms with Crippen molar-refractivity contribution < 1.29 is 0 Å². The maximum Gasteiger partial charge on any atom is 0.104 e. The van der Waals surface area contributed by atoms with Gasteiger partial charge in [0.2, 0.25) is 0 Å². The molecule has 12 aromatic rings. The number of fused-ring (bicyclic) bond motifs is 15. The van der Waals surface area contributed by atoms with Crippen LogP contribution < -0.4 is 0 Å². The van der Waals surface area contributed by atoms with Crippen molar-refractivity contribution in [2.24, 2.45) is 0 Å². The topological polar surface area (TPSA) is 86.2 Å². The summed E-state index contributed by atoms with van der Waals surface area (Å²) < 4.78 is 6.33. The molecule has 1 aliphatic carbocycles. The molecule has 6 heteroatoms. The molecule has 0 atom stereocenters. The molecular formula is C59H34N6. The molecule has 0 amide bonds. The summed E-state index contributed by atoms with van der Waals surface area (Å²) in [7, 11) is 0. The Kier molecular flexibility index (Phi) is 7.68. The minimum atomic E-state index is 0.230. The molecule has 0 aliphatic heterocycles. The SMILES string of the molecule is Cc1cccc2ccc3c(c4ccccc4n3-c3c(C#N)c(-n4c5c(c6ccccc64)-c4ccccc4CC=C5)c(C#N)c(-n4c5ccccc5c5c6ccccc6ccc54)c3C#N)c12. The Morgan fingerprint density at radius 3 is 1.60 bits per heavy atom. The molecule has 0 bridgehead atoms. The third-order valence-electron chi connectivity index (χ3n) is 13.7. The first-order valence-corrected chi connectivity index (χ1v) is 21.8. The van der Waals surface area contributed by atoms with Gasteiger partial charge in [0.05, 0.1) is 50.3 Å². The van der Waals surface area contributed by atoms with E-state index in [2.05, 4.69) is 172 Å². The highest BCUT2D eigenvalue weighted by Crippen LogP contribution is 2.48. The summed E-state index contributed by atoms with van der Waals surface area (Å²) in [6.45, 7) is 2.13. The number of nitrogens with zero attached hydrogens (tertiary/aromatic N) is 6. The predicted molar refractivity (Wildman–Crippen MR) is 264 cm³/mol. The third kappa shape index (κ3) is 4.84. The Bertz CT molecular complexity index is 4260. The average molecular weight is 827 g/mol. The van der Waals surface area contributed by atoms with Gasteiger partial charge in [0.15, 0.2) is 0 Å². The van der Waals surface area contributed by atoms with E-state index in [0.717, 1.165) is 105 Å². The summed E-state index contributed by atoms with van der Waals surface area (Å²) >= 11 is 0. The van der Waals surface area contributed by atoms with Crippen LogP contribution >= 0.6 is 0 Å². The lowest BCUT2D eigenvalue weighted by Crippen LogP contribution is -2.15. The van der Waals surface area contributed by atoms with Crippen molar-refractivity contribution in [1.82, 2.24) is 13.7 Å². The maximum atomic E-state index is 11.9. The molecular weight excluding hydrogens is 793 g/mol. The van der Waals surface area contributed by atoms with E-state index in [-0.39, 0.29) is 16.7 Å². The number of para-hydroxylation sites is 3. The van der Waals surface area contributed by atoms with Crippen LogP contribution in [0.3, 0.4) is 0 Å². The molecule has 9 aromatic carbocycles. The lowest BCUT2D eigenvalue weighted by atomic mass is 9.96. The largest absolute Gasteiger partial charge is 0.306 e. The second kappa shape index (κ2) is 13.7. The van der Waals surface area contributed by atoms with Gasteiger partial charge >= 0.3 is 0 Å². The molecule has 3 heterocycles. The third-order valence-corrected chi connectivity index (χ3v) is 13.7. The second-order valence-corrected chi connectivity index (χ2v) is 16.9. The molecule has 0 unspecified atom stereocenters. The van der Waals surface area contributed by atoms with Crippen molar-refractivity contribution in [1.29, 1.82) is 15.8 Å². The van der Waals surface area contributed by atoms with Gasteiger partial charge in [-0.15, -0.1) is 0 Å². The first-order valence-electron chi connectivity index (χ1n) is 21.8. The van der Waals surface area contributed by atoms with Gasteiger partial charge in [-0.05, 0) is 88.0 Å². The number of nitriles is 3. The van der Waals surface area contributed by atoms with Crippen LogP contribution in [-0.4, -0.2) is 13.7 Å². The highest BCUT2D eigenvalue weighted by molar-refractivity contribution is 6.23. The molecule has 13 rings (SSSR count). The van der Waals surface area contributed by atoms with Gasteiger partial charge in [0, 0.05) is 32.5 Å². The van der Waals surface area contributed by atoms with Gasteiger partial charge in [-0.1, -0.05) is 140 Å². The van der Waals surface area contributed by atoms with E-state index >= 15 is 0 Å². The van der Waals surface area contributed by atoms with Crippen LogP contribution in [0.5, 0.6) is 0 Å². The average Bonchev–Trinajstić information content (AvgIpc) is 3.93. The Morgan fingerprint density at radius 1 is 0.415 bits per heavy atom. The van der Waals surface area contributed by atoms with Gasteiger partial charge in [0.1, 0.15) is 34.9 Å². The van der Waals surface area contributed by atoms with Gasteiger partial charge in [0.25, 0.3) is 0 Å². The van der Waals surface area contributed by atoms with Gasteiger partial charge in [-0.3, -0.25) is 0 Å². The fraction of sp³-hybridized carbons (Fsp3) is 0.0339. The number of aryl methyl sites for hydroxylation is 1. The van der Waals surface area contributed by atoms with Crippen molar-refractivity contribution >= 4 is 82.1 Å². The number of rotatable bonds is 3. The van der Waals surface area contributed by atoms with E-state index in [0.29, 0.717) is 17.1 Å². The van der Waals surface area contributed by atoms with Crippen LogP contribution in [0.4, 0.5) is 0 Å². The second-order valence-electron chi connectivity index (χ2n) is 16.9. The molecule has 0 saturated heterocycles. The number of benzene rings is 9. The molecule has 1 aliphatic rings. The molecule has 0 fully saturated rings. The lowest BCUT2D eigenvalue weighted by Gasteiger charge is -2.23. The van der Waals surface area contributed by atoms with E-state index in [9.17, 15) is 15.8 Å². The van der Waals surface area contributed by atoms with Crippen molar-refractivity contribution in [2.75, 3.05) is 0 Å². The monoisotopic (exact) mass is 826 g/mol. The molecule has 0 radical (unpaired) electrons. The standard InChI is InChI=1S/C59H34N6/c1-35-14-12-18-38-29-31-52-56(53(35)38)43-23-8-11-26-49(43)65(52)59-45(33-61)57(63-47-24-9-6-21-41(47)54-39-19-4-2-15-36(39)17-13-27-50(54)63)44(32-60)58(46(59)34-62)64-48-25-10-7-22-42(48)55-40-20-5-3-16-37(40)28-30-51(55)64/h2-16,18-31H,17H2,1H3. The minimum absolute atomic E-state index is 0.230. The summed E-state index contributed by atoms with van der Waals surface area (Å²) in [6, 6.07) is 64.3. The minimum Gasteiger partial charge on any atom is -0.306 e. The fourth-order valence-corrected chi connectivity index (χ4v) is 11.1. The molecule has 0 saturated carbocycles. The lowest BCUT2D eigenvalue weighted by molar-refractivity contribution is 1.04. The van der Waals surface area contributed by atoms with Crippen LogP contribution in [0.25, 0.3) is 110 Å². The van der Waals surface area contributed by atoms with Crippen molar-refractivity contribution in [3.05, 3.63) is 203 Å². The van der Waals surface area contributed by atoms with Gasteiger partial charge < -0.3 is 13.7 Å². The summed E-state index contributed by atoms with van der Waals surface area (Å²) in [5, 5.41) is 45.3. The summed E-state index contributed by atoms with van der Waals surface area (Å²) in [5.74, 6) is 0. The smallest absolute Gasteiger partial charge is 0.104 e. The van der Waals surface area contributed by atoms with Crippen LogP contribution in [0.1, 0.15) is 33.5 Å². The molecule has 6 nitrogen and oxygen atoms in total.